The molecule has 2 aromatic rings. The molecule has 1 amide bonds. The number of benzene rings is 1. The molecule has 0 aliphatic rings. The van der Waals surface area contributed by atoms with E-state index < -0.39 is 5.97 Å². The Balaban J connectivity index is 2.14. The zero-order chi connectivity index (χ0) is 15.4. The lowest BCUT2D eigenvalue weighted by molar-refractivity contribution is 0.0696. The van der Waals surface area contributed by atoms with Crippen LogP contribution >= 0.6 is 0 Å². The van der Waals surface area contributed by atoms with E-state index in [1.165, 1.54) is 18.5 Å². The second-order valence-corrected chi connectivity index (χ2v) is 4.66. The minimum atomic E-state index is -1.09. The highest BCUT2D eigenvalue weighted by Crippen LogP contribution is 2.14. The number of carbonyl (C=O) groups is 2. The molecule has 0 aliphatic carbocycles. The predicted octanol–water partition coefficient (Wildman–Crippen LogP) is 2.10. The highest BCUT2D eigenvalue weighted by atomic mass is 16.4. The summed E-state index contributed by atoms with van der Waals surface area (Å²) in [6.07, 6.45) is 2.63. The second kappa shape index (κ2) is 6.04. The van der Waals surface area contributed by atoms with Crippen LogP contribution in [0, 0.1) is 0 Å². The smallest absolute Gasteiger partial charge is 0.337 e. The largest absolute Gasteiger partial charge is 0.478 e. The molecule has 0 unspecified atom stereocenters. The molecule has 0 spiro atoms. The summed E-state index contributed by atoms with van der Waals surface area (Å²) < 4.78 is 0. The average molecular weight is 285 g/mol. The van der Waals surface area contributed by atoms with Crippen LogP contribution in [0.25, 0.3) is 0 Å². The first kappa shape index (κ1) is 14.5. The molecule has 2 rings (SSSR count). The number of aromatic carboxylic acids is 1. The van der Waals surface area contributed by atoms with E-state index in [0.29, 0.717) is 11.3 Å². The molecule has 0 aliphatic heterocycles. The Morgan fingerprint density at radius 2 is 1.76 bits per heavy atom. The van der Waals surface area contributed by atoms with Crippen LogP contribution in [0.3, 0.4) is 0 Å². The van der Waals surface area contributed by atoms with Gasteiger partial charge in [-0.25, -0.2) is 4.79 Å². The molecule has 0 saturated heterocycles. The molecule has 0 atom stereocenters. The van der Waals surface area contributed by atoms with Gasteiger partial charge >= 0.3 is 5.97 Å². The second-order valence-electron chi connectivity index (χ2n) is 4.66. The van der Waals surface area contributed by atoms with Crippen LogP contribution in [0.15, 0.2) is 42.7 Å². The van der Waals surface area contributed by atoms with Crippen molar-refractivity contribution in [3.8, 4) is 0 Å². The number of hydrogen-bond acceptors (Lipinski definition) is 4. The maximum absolute atomic E-state index is 12.1. The summed E-state index contributed by atoms with van der Waals surface area (Å²) >= 11 is 0. The van der Waals surface area contributed by atoms with E-state index >= 15 is 0 Å². The van der Waals surface area contributed by atoms with Crippen molar-refractivity contribution in [1.29, 1.82) is 0 Å². The molecule has 21 heavy (non-hydrogen) atoms. The van der Waals surface area contributed by atoms with Crippen LogP contribution in [-0.2, 0) is 0 Å². The van der Waals surface area contributed by atoms with Gasteiger partial charge in [-0.2, -0.15) is 0 Å². The maximum atomic E-state index is 12.1. The van der Waals surface area contributed by atoms with Crippen molar-refractivity contribution >= 4 is 23.3 Å². The summed E-state index contributed by atoms with van der Waals surface area (Å²) in [6.45, 7) is 0. The number of nitrogens with zero attached hydrogens (tertiary/aromatic N) is 2. The maximum Gasteiger partial charge on any atom is 0.337 e. The summed E-state index contributed by atoms with van der Waals surface area (Å²) in [5.74, 6) is -1.40. The normalized spacial score (nSPS) is 10.0. The Morgan fingerprint density at radius 3 is 2.33 bits per heavy atom. The Labute approximate surface area is 122 Å². The molecule has 2 N–H and O–H groups in total. The van der Waals surface area contributed by atoms with Gasteiger partial charge in [-0.1, -0.05) is 0 Å². The number of pyridine rings is 1. The van der Waals surface area contributed by atoms with Gasteiger partial charge in [-0.15, -0.1) is 0 Å². The molecule has 1 aromatic carbocycles. The van der Waals surface area contributed by atoms with E-state index in [9.17, 15) is 9.59 Å². The zero-order valence-corrected chi connectivity index (χ0v) is 11.7. The third-order valence-corrected chi connectivity index (χ3v) is 2.89. The van der Waals surface area contributed by atoms with E-state index in [1.807, 2.05) is 31.1 Å². The third-order valence-electron chi connectivity index (χ3n) is 2.89. The van der Waals surface area contributed by atoms with Crippen molar-refractivity contribution < 1.29 is 14.7 Å². The molecule has 1 heterocycles. The highest BCUT2D eigenvalue weighted by Gasteiger charge is 2.09. The quantitative estimate of drug-likeness (QED) is 0.899. The molecule has 1 aromatic heterocycles. The van der Waals surface area contributed by atoms with Crippen LogP contribution < -0.4 is 10.2 Å². The van der Waals surface area contributed by atoms with Crippen molar-refractivity contribution in [3.05, 3.63) is 53.9 Å². The van der Waals surface area contributed by atoms with Gasteiger partial charge in [0, 0.05) is 31.5 Å². The predicted molar refractivity (Wildman–Crippen MR) is 79.9 cm³/mol. The molecule has 6 nitrogen and oxygen atoms in total. The van der Waals surface area contributed by atoms with Crippen molar-refractivity contribution in [2.75, 3.05) is 24.3 Å². The lowest BCUT2D eigenvalue weighted by atomic mass is 10.2. The first-order valence-electron chi connectivity index (χ1n) is 6.24. The third kappa shape index (κ3) is 3.56. The first-order chi connectivity index (χ1) is 9.97. The molecular weight excluding hydrogens is 270 g/mol. The number of nitrogens with one attached hydrogen (secondary N) is 1. The lowest BCUT2D eigenvalue weighted by Gasteiger charge is -2.12. The SMILES string of the molecule is CN(C)c1ccc(C(=O)Nc2cncc(C(=O)O)c2)cc1. The number of carboxylic acids is 1. The van der Waals surface area contributed by atoms with Crippen LogP contribution in [-0.4, -0.2) is 36.1 Å². The summed E-state index contributed by atoms with van der Waals surface area (Å²) in [4.78, 5) is 28.6. The molecular formula is C15H15N3O3. The van der Waals surface area contributed by atoms with Gasteiger partial charge in [-0.05, 0) is 30.3 Å². The van der Waals surface area contributed by atoms with Crippen molar-refractivity contribution in [2.24, 2.45) is 0 Å². The number of rotatable bonds is 4. The topological polar surface area (TPSA) is 82.5 Å². The Hall–Kier alpha value is -2.89. The minimum Gasteiger partial charge on any atom is -0.478 e. The van der Waals surface area contributed by atoms with E-state index in [2.05, 4.69) is 10.3 Å². The minimum absolute atomic E-state index is 0.0238. The van der Waals surface area contributed by atoms with Crippen LogP contribution in [0.4, 0.5) is 11.4 Å². The van der Waals surface area contributed by atoms with E-state index in [4.69, 9.17) is 5.11 Å². The first-order valence-corrected chi connectivity index (χ1v) is 6.24. The summed E-state index contributed by atoms with van der Waals surface area (Å²) in [6, 6.07) is 8.45. The monoisotopic (exact) mass is 285 g/mol. The zero-order valence-electron chi connectivity index (χ0n) is 11.7. The average Bonchev–Trinajstić information content (AvgIpc) is 2.47. The Kier molecular flexibility index (Phi) is 4.18. The fraction of sp³-hybridized carbons (Fsp3) is 0.133. The highest BCUT2D eigenvalue weighted by molar-refractivity contribution is 6.04. The fourth-order valence-corrected chi connectivity index (χ4v) is 1.74. The number of carboxylic acid groups (broad SMARTS) is 1. The standard InChI is InChI=1S/C15H15N3O3/c1-18(2)13-5-3-10(4-6-13)14(19)17-12-7-11(15(20)21)8-16-9-12/h3-9H,1-2H3,(H,17,19)(H,20,21). The van der Waals surface area contributed by atoms with Gasteiger partial charge in [0.2, 0.25) is 0 Å². The van der Waals surface area contributed by atoms with Gasteiger partial charge in [0.05, 0.1) is 17.4 Å². The summed E-state index contributed by atoms with van der Waals surface area (Å²) in [5, 5.41) is 11.5. The number of carbonyl (C=O) groups excluding carboxylic acids is 1. The lowest BCUT2D eigenvalue weighted by Crippen LogP contribution is -2.13. The van der Waals surface area contributed by atoms with Gasteiger partial charge in [0.1, 0.15) is 0 Å². The number of aromatic nitrogens is 1. The van der Waals surface area contributed by atoms with Gasteiger partial charge in [0.15, 0.2) is 0 Å². The van der Waals surface area contributed by atoms with Crippen LogP contribution in [0.2, 0.25) is 0 Å². The molecule has 0 bridgehead atoms. The number of anilines is 2. The number of hydrogen-bond donors (Lipinski definition) is 2. The summed E-state index contributed by atoms with van der Waals surface area (Å²) in [7, 11) is 3.83. The molecule has 0 saturated carbocycles. The fourth-order valence-electron chi connectivity index (χ4n) is 1.74. The van der Waals surface area contributed by atoms with Crippen LogP contribution in [0.1, 0.15) is 20.7 Å². The van der Waals surface area contributed by atoms with Gasteiger partial charge in [-0.3, -0.25) is 9.78 Å². The van der Waals surface area contributed by atoms with Gasteiger partial charge < -0.3 is 15.3 Å². The Morgan fingerprint density at radius 1 is 1.10 bits per heavy atom. The van der Waals surface area contributed by atoms with Crippen molar-refractivity contribution in [1.82, 2.24) is 4.98 Å². The van der Waals surface area contributed by atoms with Gasteiger partial charge in [0.25, 0.3) is 5.91 Å². The molecule has 0 radical (unpaired) electrons. The molecule has 6 heteroatoms. The van der Waals surface area contributed by atoms with Crippen molar-refractivity contribution in [3.63, 3.8) is 0 Å². The Bertz CT molecular complexity index is 666. The summed E-state index contributed by atoms with van der Waals surface area (Å²) in [5.41, 5.74) is 1.84. The van der Waals surface area contributed by atoms with Crippen molar-refractivity contribution in [2.45, 2.75) is 0 Å². The van der Waals surface area contributed by atoms with Crippen LogP contribution in [0.5, 0.6) is 0 Å². The molecule has 108 valence electrons. The number of amides is 1. The van der Waals surface area contributed by atoms with E-state index in [0.717, 1.165) is 5.69 Å². The molecule has 0 fully saturated rings. The van der Waals surface area contributed by atoms with E-state index in [1.54, 1.807) is 12.1 Å². The van der Waals surface area contributed by atoms with E-state index in [-0.39, 0.29) is 11.5 Å².